The molecule has 0 radical (unpaired) electrons. The summed E-state index contributed by atoms with van der Waals surface area (Å²) in [5.74, 6) is 0. The molecule has 102 valence electrons. The van der Waals surface area contributed by atoms with E-state index in [4.69, 9.17) is 11.6 Å². The monoisotopic (exact) mass is 332 g/mol. The Hall–Kier alpha value is -0.0900. The molecule has 0 atom stereocenters. The fraction of sp³-hybridized carbons (Fsp3) is 0.571. The summed E-state index contributed by atoms with van der Waals surface area (Å²) in [7, 11) is 0. The second kappa shape index (κ2) is 7.49. The van der Waals surface area contributed by atoms with Gasteiger partial charge in [-0.2, -0.15) is 0 Å². The molecule has 0 heterocycles. The van der Waals surface area contributed by atoms with Gasteiger partial charge in [-0.15, -0.1) is 0 Å². The predicted octanol–water partition coefficient (Wildman–Crippen LogP) is 3.97. The molecule has 0 aliphatic rings. The first-order chi connectivity index (χ1) is 8.38. The molecule has 0 bridgehead atoms. The van der Waals surface area contributed by atoms with Crippen LogP contribution in [0.25, 0.3) is 0 Å². The van der Waals surface area contributed by atoms with Gasteiger partial charge in [-0.05, 0) is 73.9 Å². The third kappa shape index (κ3) is 6.74. The van der Waals surface area contributed by atoms with E-state index in [2.05, 4.69) is 53.4 Å². The maximum atomic E-state index is 5.95. The van der Waals surface area contributed by atoms with Crippen LogP contribution in [0.3, 0.4) is 0 Å². The molecular formula is C14H22BrClN2. The lowest BCUT2D eigenvalue weighted by Gasteiger charge is -2.20. The first-order valence-corrected chi connectivity index (χ1v) is 7.45. The van der Waals surface area contributed by atoms with Crippen molar-refractivity contribution in [3.63, 3.8) is 0 Å². The molecule has 0 aromatic heterocycles. The second-order valence-corrected chi connectivity index (χ2v) is 6.72. The number of hydrogen-bond acceptors (Lipinski definition) is 2. The van der Waals surface area contributed by atoms with E-state index in [0.29, 0.717) is 0 Å². The lowest BCUT2D eigenvalue weighted by molar-refractivity contribution is 0.418. The van der Waals surface area contributed by atoms with Gasteiger partial charge in [-0.1, -0.05) is 17.7 Å². The van der Waals surface area contributed by atoms with Crippen LogP contribution in [0.2, 0.25) is 5.02 Å². The van der Waals surface area contributed by atoms with E-state index in [9.17, 15) is 0 Å². The van der Waals surface area contributed by atoms with Crippen LogP contribution in [0.4, 0.5) is 0 Å². The Kier molecular flexibility index (Phi) is 6.64. The Bertz CT molecular complexity index is 375. The third-order valence-corrected chi connectivity index (χ3v) is 3.71. The highest BCUT2D eigenvalue weighted by Gasteiger charge is 2.06. The minimum Gasteiger partial charge on any atom is -0.313 e. The number of hydrogen-bond donors (Lipinski definition) is 2. The quantitative estimate of drug-likeness (QED) is 0.770. The standard InChI is InChI=1S/C14H22BrClN2/c1-14(2,3)18-8-4-7-17-10-11-5-6-13(16)12(15)9-11/h5-6,9,17-18H,4,7-8,10H2,1-3H3. The summed E-state index contributed by atoms with van der Waals surface area (Å²) in [6.07, 6.45) is 1.13. The van der Waals surface area contributed by atoms with Crippen LogP contribution in [0, 0.1) is 0 Å². The highest BCUT2D eigenvalue weighted by molar-refractivity contribution is 9.10. The Morgan fingerprint density at radius 1 is 1.22 bits per heavy atom. The Balaban J connectivity index is 2.16. The zero-order valence-corrected chi connectivity index (χ0v) is 13.7. The smallest absolute Gasteiger partial charge is 0.0548 e. The predicted molar refractivity (Wildman–Crippen MR) is 83.2 cm³/mol. The van der Waals surface area contributed by atoms with Crippen molar-refractivity contribution in [2.45, 2.75) is 39.3 Å². The zero-order valence-electron chi connectivity index (χ0n) is 11.3. The van der Waals surface area contributed by atoms with Crippen molar-refractivity contribution in [1.29, 1.82) is 0 Å². The summed E-state index contributed by atoms with van der Waals surface area (Å²) in [5, 5.41) is 7.66. The molecule has 18 heavy (non-hydrogen) atoms. The maximum Gasteiger partial charge on any atom is 0.0548 e. The van der Waals surface area contributed by atoms with E-state index in [1.54, 1.807) is 0 Å². The largest absolute Gasteiger partial charge is 0.313 e. The molecular weight excluding hydrogens is 312 g/mol. The van der Waals surface area contributed by atoms with Gasteiger partial charge in [0.15, 0.2) is 0 Å². The molecule has 2 N–H and O–H groups in total. The summed E-state index contributed by atoms with van der Waals surface area (Å²) in [6, 6.07) is 6.03. The topological polar surface area (TPSA) is 24.1 Å². The van der Waals surface area contributed by atoms with Crippen molar-refractivity contribution in [1.82, 2.24) is 10.6 Å². The van der Waals surface area contributed by atoms with Gasteiger partial charge in [0, 0.05) is 16.6 Å². The fourth-order valence-corrected chi connectivity index (χ4v) is 2.10. The summed E-state index contributed by atoms with van der Waals surface area (Å²) in [5.41, 5.74) is 1.45. The summed E-state index contributed by atoms with van der Waals surface area (Å²) in [6.45, 7) is 9.50. The third-order valence-electron chi connectivity index (χ3n) is 2.50. The van der Waals surface area contributed by atoms with Crippen LogP contribution in [-0.4, -0.2) is 18.6 Å². The van der Waals surface area contributed by atoms with Crippen molar-refractivity contribution in [3.05, 3.63) is 33.3 Å². The Labute approximate surface area is 124 Å². The molecule has 1 rings (SSSR count). The number of benzene rings is 1. The molecule has 1 aromatic carbocycles. The summed E-state index contributed by atoms with van der Waals surface area (Å²) < 4.78 is 0.956. The van der Waals surface area contributed by atoms with Crippen molar-refractivity contribution in [3.8, 4) is 0 Å². The first-order valence-electron chi connectivity index (χ1n) is 6.28. The van der Waals surface area contributed by atoms with E-state index in [0.717, 1.165) is 35.6 Å². The van der Waals surface area contributed by atoms with E-state index in [1.165, 1.54) is 5.56 Å². The van der Waals surface area contributed by atoms with Crippen LogP contribution in [0.1, 0.15) is 32.8 Å². The lowest BCUT2D eigenvalue weighted by atomic mass is 10.1. The van der Waals surface area contributed by atoms with Gasteiger partial charge in [0.2, 0.25) is 0 Å². The molecule has 0 spiro atoms. The second-order valence-electron chi connectivity index (χ2n) is 5.46. The van der Waals surface area contributed by atoms with Crippen molar-refractivity contribution < 1.29 is 0 Å². The van der Waals surface area contributed by atoms with E-state index in [-0.39, 0.29) is 5.54 Å². The van der Waals surface area contributed by atoms with E-state index >= 15 is 0 Å². The maximum absolute atomic E-state index is 5.95. The van der Waals surface area contributed by atoms with Gasteiger partial charge < -0.3 is 10.6 Å². The molecule has 0 unspecified atom stereocenters. The summed E-state index contributed by atoms with van der Waals surface area (Å²) >= 11 is 9.38. The highest BCUT2D eigenvalue weighted by Crippen LogP contribution is 2.22. The molecule has 0 saturated carbocycles. The van der Waals surface area contributed by atoms with Gasteiger partial charge in [-0.3, -0.25) is 0 Å². The molecule has 4 heteroatoms. The minimum absolute atomic E-state index is 0.209. The molecule has 0 amide bonds. The van der Waals surface area contributed by atoms with E-state index in [1.807, 2.05) is 12.1 Å². The van der Waals surface area contributed by atoms with E-state index < -0.39 is 0 Å². The van der Waals surface area contributed by atoms with Crippen LogP contribution in [0.5, 0.6) is 0 Å². The van der Waals surface area contributed by atoms with Gasteiger partial charge >= 0.3 is 0 Å². The fourth-order valence-electron chi connectivity index (χ4n) is 1.56. The molecule has 2 nitrogen and oxygen atoms in total. The van der Waals surface area contributed by atoms with Gasteiger partial charge in [0.05, 0.1) is 5.02 Å². The van der Waals surface area contributed by atoms with Crippen molar-refractivity contribution >= 4 is 27.5 Å². The van der Waals surface area contributed by atoms with Crippen LogP contribution in [0.15, 0.2) is 22.7 Å². The first kappa shape index (κ1) is 16.0. The highest BCUT2D eigenvalue weighted by atomic mass is 79.9. The van der Waals surface area contributed by atoms with Gasteiger partial charge in [-0.25, -0.2) is 0 Å². The van der Waals surface area contributed by atoms with Gasteiger partial charge in [0.1, 0.15) is 0 Å². The molecule has 0 aliphatic carbocycles. The SMILES string of the molecule is CC(C)(C)NCCCNCc1ccc(Cl)c(Br)c1. The van der Waals surface area contributed by atoms with Crippen LogP contribution >= 0.6 is 27.5 Å². The molecule has 0 fully saturated rings. The minimum atomic E-state index is 0.209. The molecule has 1 aromatic rings. The normalized spacial score (nSPS) is 11.8. The van der Waals surface area contributed by atoms with Crippen LogP contribution in [-0.2, 0) is 6.54 Å². The van der Waals surface area contributed by atoms with Crippen molar-refractivity contribution in [2.24, 2.45) is 0 Å². The van der Waals surface area contributed by atoms with Gasteiger partial charge in [0.25, 0.3) is 0 Å². The van der Waals surface area contributed by atoms with Crippen LogP contribution < -0.4 is 10.6 Å². The molecule has 0 saturated heterocycles. The van der Waals surface area contributed by atoms with Crippen molar-refractivity contribution in [2.75, 3.05) is 13.1 Å². The Morgan fingerprint density at radius 2 is 1.94 bits per heavy atom. The average molecular weight is 334 g/mol. The number of rotatable bonds is 6. The number of nitrogens with one attached hydrogen (secondary N) is 2. The zero-order chi connectivity index (χ0) is 13.6. The summed E-state index contributed by atoms with van der Waals surface area (Å²) in [4.78, 5) is 0. The Morgan fingerprint density at radius 3 is 2.56 bits per heavy atom. The number of halogens is 2. The molecule has 0 aliphatic heterocycles. The average Bonchev–Trinajstić information content (AvgIpc) is 2.26. The lowest BCUT2D eigenvalue weighted by Crippen LogP contribution is -2.37.